The maximum absolute atomic E-state index is 13.0. The highest BCUT2D eigenvalue weighted by atomic mass is 19.1. The van der Waals surface area contributed by atoms with Crippen LogP contribution in [-0.2, 0) is 6.42 Å². The number of carbonyl (C=O) groups is 1. The van der Waals surface area contributed by atoms with Crippen molar-refractivity contribution in [1.29, 1.82) is 0 Å². The molecule has 2 heterocycles. The molecule has 1 aliphatic heterocycles. The van der Waals surface area contributed by atoms with Crippen LogP contribution in [0, 0.1) is 5.82 Å². The number of nitrogens with zero attached hydrogens (tertiary/aromatic N) is 2. The van der Waals surface area contributed by atoms with Crippen LogP contribution in [0.15, 0.2) is 34.9 Å². The lowest BCUT2D eigenvalue weighted by Crippen LogP contribution is -2.45. The van der Waals surface area contributed by atoms with Crippen molar-refractivity contribution in [2.45, 2.75) is 32.2 Å². The van der Waals surface area contributed by atoms with E-state index in [1.807, 2.05) is 6.92 Å². The van der Waals surface area contributed by atoms with Crippen molar-refractivity contribution in [3.05, 3.63) is 53.2 Å². The van der Waals surface area contributed by atoms with Crippen LogP contribution in [0.1, 0.15) is 47.6 Å². The Morgan fingerprint density at radius 2 is 2.19 bits per heavy atom. The second-order valence-electron chi connectivity index (χ2n) is 5.28. The van der Waals surface area contributed by atoms with Crippen LogP contribution < -0.4 is 0 Å². The Kier molecular flexibility index (Phi) is 3.73. The Bertz CT molecular complexity index is 636. The molecule has 2 aromatic rings. The highest BCUT2D eigenvalue weighted by Crippen LogP contribution is 2.34. The molecular weight excluding hydrogens is 271 g/mol. The van der Waals surface area contributed by atoms with Crippen LogP contribution in [0.25, 0.3) is 0 Å². The Balaban J connectivity index is 1.73. The summed E-state index contributed by atoms with van der Waals surface area (Å²) in [5, 5.41) is 3.85. The number of benzene rings is 1. The molecule has 1 amide bonds. The summed E-state index contributed by atoms with van der Waals surface area (Å²) in [6.07, 6.45) is 2.61. The van der Waals surface area contributed by atoms with Crippen molar-refractivity contribution in [3.8, 4) is 0 Å². The van der Waals surface area contributed by atoms with Crippen molar-refractivity contribution in [3.63, 3.8) is 0 Å². The maximum Gasteiger partial charge on any atom is 0.276 e. The van der Waals surface area contributed by atoms with Crippen LogP contribution in [-0.4, -0.2) is 22.5 Å². The number of hydrogen-bond acceptors (Lipinski definition) is 3. The van der Waals surface area contributed by atoms with Crippen molar-refractivity contribution in [1.82, 2.24) is 10.1 Å². The Morgan fingerprint density at radius 3 is 2.81 bits per heavy atom. The average molecular weight is 288 g/mol. The largest absolute Gasteiger partial charge is 0.361 e. The van der Waals surface area contributed by atoms with E-state index in [0.717, 1.165) is 30.6 Å². The van der Waals surface area contributed by atoms with E-state index in [2.05, 4.69) is 5.16 Å². The lowest BCUT2D eigenvalue weighted by atomic mass is 9.94. The lowest BCUT2D eigenvalue weighted by molar-refractivity contribution is 0.0449. The third-order valence-electron chi connectivity index (χ3n) is 3.81. The van der Waals surface area contributed by atoms with Gasteiger partial charge in [0.05, 0.1) is 6.04 Å². The summed E-state index contributed by atoms with van der Waals surface area (Å²) in [5.41, 5.74) is 1.30. The highest BCUT2D eigenvalue weighted by molar-refractivity contribution is 5.93. The van der Waals surface area contributed by atoms with Gasteiger partial charge in [-0.1, -0.05) is 24.2 Å². The third kappa shape index (κ3) is 2.68. The predicted molar refractivity (Wildman–Crippen MR) is 75.3 cm³/mol. The third-order valence-corrected chi connectivity index (χ3v) is 3.81. The maximum atomic E-state index is 13.0. The summed E-state index contributed by atoms with van der Waals surface area (Å²) < 4.78 is 18.1. The number of hydrogen-bond donors (Lipinski definition) is 0. The van der Waals surface area contributed by atoms with Crippen LogP contribution in [0.2, 0.25) is 0 Å². The molecule has 3 rings (SSSR count). The molecule has 0 aliphatic carbocycles. The molecule has 5 heteroatoms. The monoisotopic (exact) mass is 288 g/mol. The van der Waals surface area contributed by atoms with Crippen LogP contribution in [0.5, 0.6) is 0 Å². The number of rotatable bonds is 4. The fourth-order valence-corrected chi connectivity index (χ4v) is 2.59. The first kappa shape index (κ1) is 13.8. The summed E-state index contributed by atoms with van der Waals surface area (Å²) in [4.78, 5) is 14.2. The summed E-state index contributed by atoms with van der Waals surface area (Å²) >= 11 is 0. The fraction of sp³-hybridized carbons (Fsp3) is 0.375. The lowest BCUT2D eigenvalue weighted by Gasteiger charge is -2.40. The first-order valence-electron chi connectivity index (χ1n) is 7.21. The molecule has 4 nitrogen and oxygen atoms in total. The Labute approximate surface area is 122 Å². The molecule has 1 atom stereocenters. The Morgan fingerprint density at radius 1 is 1.43 bits per heavy atom. The zero-order valence-corrected chi connectivity index (χ0v) is 11.9. The minimum absolute atomic E-state index is 0.00410. The number of likely N-dealkylation sites (tertiary alicyclic amines) is 1. The summed E-state index contributed by atoms with van der Waals surface area (Å²) in [6, 6.07) is 8.02. The molecule has 110 valence electrons. The quantitative estimate of drug-likeness (QED) is 0.866. The van der Waals surface area contributed by atoms with E-state index < -0.39 is 0 Å². The molecule has 0 bridgehead atoms. The van der Waals surface area contributed by atoms with Gasteiger partial charge in [-0.25, -0.2) is 4.39 Å². The highest BCUT2D eigenvalue weighted by Gasteiger charge is 2.35. The second kappa shape index (κ2) is 5.68. The van der Waals surface area contributed by atoms with Gasteiger partial charge in [0.1, 0.15) is 11.6 Å². The van der Waals surface area contributed by atoms with Gasteiger partial charge in [0, 0.05) is 19.0 Å². The zero-order valence-electron chi connectivity index (χ0n) is 11.9. The Hall–Kier alpha value is -2.17. The first-order valence-corrected chi connectivity index (χ1v) is 7.21. The summed E-state index contributed by atoms with van der Waals surface area (Å²) in [5.74, 6) is 0.345. The smallest absolute Gasteiger partial charge is 0.276 e. The van der Waals surface area contributed by atoms with E-state index in [0.29, 0.717) is 12.2 Å². The number of amides is 1. The van der Waals surface area contributed by atoms with Gasteiger partial charge in [-0.2, -0.15) is 0 Å². The predicted octanol–water partition coefficient (Wildman–Crippen LogP) is 3.35. The van der Waals surface area contributed by atoms with Crippen LogP contribution in [0.3, 0.4) is 0 Å². The van der Waals surface area contributed by atoms with Gasteiger partial charge < -0.3 is 9.42 Å². The molecule has 0 spiro atoms. The number of halogens is 1. The molecule has 1 fully saturated rings. The minimum atomic E-state index is -0.267. The number of aromatic nitrogens is 1. The van der Waals surface area contributed by atoms with E-state index in [9.17, 15) is 9.18 Å². The molecule has 0 unspecified atom stereocenters. The summed E-state index contributed by atoms with van der Waals surface area (Å²) in [6.45, 7) is 2.74. The molecule has 0 N–H and O–H groups in total. The fourth-order valence-electron chi connectivity index (χ4n) is 2.59. The zero-order chi connectivity index (χ0) is 14.8. The van der Waals surface area contributed by atoms with Gasteiger partial charge in [0.15, 0.2) is 5.69 Å². The van der Waals surface area contributed by atoms with Gasteiger partial charge in [0.2, 0.25) is 0 Å². The molecule has 1 aromatic heterocycles. The molecule has 0 radical (unpaired) electrons. The average Bonchev–Trinajstić information content (AvgIpc) is 2.89. The second-order valence-corrected chi connectivity index (χ2v) is 5.28. The van der Waals surface area contributed by atoms with E-state index in [4.69, 9.17) is 4.52 Å². The molecule has 1 aliphatic rings. The van der Waals surface area contributed by atoms with Gasteiger partial charge >= 0.3 is 0 Å². The van der Waals surface area contributed by atoms with E-state index >= 15 is 0 Å². The SMILES string of the molecule is CCCc1cc(C(=O)N2CC[C@H]2c2ccc(F)cc2)no1. The first-order chi connectivity index (χ1) is 10.2. The normalized spacial score (nSPS) is 17.6. The van der Waals surface area contributed by atoms with Crippen molar-refractivity contribution in [2.24, 2.45) is 0 Å². The van der Waals surface area contributed by atoms with Gasteiger partial charge in [-0.05, 0) is 30.5 Å². The van der Waals surface area contributed by atoms with Crippen molar-refractivity contribution < 1.29 is 13.7 Å². The number of aryl methyl sites for hydroxylation is 1. The topological polar surface area (TPSA) is 46.3 Å². The van der Waals surface area contributed by atoms with Crippen LogP contribution >= 0.6 is 0 Å². The minimum Gasteiger partial charge on any atom is -0.361 e. The summed E-state index contributed by atoms with van der Waals surface area (Å²) in [7, 11) is 0. The van der Waals surface area contributed by atoms with E-state index in [1.165, 1.54) is 12.1 Å². The van der Waals surface area contributed by atoms with Crippen LogP contribution in [0.4, 0.5) is 4.39 Å². The molecule has 21 heavy (non-hydrogen) atoms. The molecular formula is C16H17FN2O2. The van der Waals surface area contributed by atoms with Crippen molar-refractivity contribution in [2.75, 3.05) is 6.54 Å². The molecule has 0 saturated carbocycles. The van der Waals surface area contributed by atoms with Gasteiger partial charge in [-0.15, -0.1) is 0 Å². The standard InChI is InChI=1S/C16H17FN2O2/c1-2-3-13-10-14(18-21-13)16(20)19-9-8-15(19)11-4-6-12(17)7-5-11/h4-7,10,15H,2-3,8-9H2,1H3/t15-/m0/s1. The van der Waals surface area contributed by atoms with E-state index in [-0.39, 0.29) is 17.8 Å². The van der Waals surface area contributed by atoms with Crippen molar-refractivity contribution >= 4 is 5.91 Å². The number of carbonyl (C=O) groups excluding carboxylic acids is 1. The van der Waals surface area contributed by atoms with E-state index in [1.54, 1.807) is 23.1 Å². The molecule has 1 aromatic carbocycles. The van der Waals surface area contributed by atoms with Gasteiger partial charge in [0.25, 0.3) is 5.91 Å². The van der Waals surface area contributed by atoms with Gasteiger partial charge in [-0.3, -0.25) is 4.79 Å². The molecule has 1 saturated heterocycles.